The Kier molecular flexibility index (Phi) is 18.7. The molecule has 0 unspecified atom stereocenters. The van der Waals surface area contributed by atoms with Crippen molar-refractivity contribution < 1.29 is 31.3 Å². The molecule has 0 atom stereocenters. The Balaban J connectivity index is -0.0000000720. The first-order valence-electron chi connectivity index (χ1n) is 1.91. The molecule has 0 bridgehead atoms. The minimum atomic E-state index is -0.583. The van der Waals surface area contributed by atoms with Gasteiger partial charge in [0.1, 0.15) is 0 Å². The largest absolute Gasteiger partial charge is 2.00 e. The van der Waals surface area contributed by atoms with Crippen molar-refractivity contribution >= 4 is 11.8 Å². The molecule has 0 aromatic heterocycles. The average Bonchev–Trinajstić information content (AvgIpc) is 1.25. The third-order valence-corrected chi connectivity index (χ3v) is 0. The second-order valence-electron chi connectivity index (χ2n) is 1.11. The van der Waals surface area contributed by atoms with Crippen molar-refractivity contribution in [3.63, 3.8) is 0 Å². The Labute approximate surface area is 68.8 Å². The van der Waals surface area contributed by atoms with Gasteiger partial charge >= 0.3 is 21.7 Å². The quantitative estimate of drug-likeness (QED) is 0.503. The summed E-state index contributed by atoms with van der Waals surface area (Å²) in [7, 11) is 0. The number of amides is 2. The van der Waals surface area contributed by atoms with Gasteiger partial charge in [0.05, 0.1) is 0 Å². The van der Waals surface area contributed by atoms with Crippen LogP contribution in [0.5, 0.6) is 0 Å². The zero-order chi connectivity index (χ0) is 7.15. The van der Waals surface area contributed by atoms with Crippen LogP contribution in [-0.4, -0.2) is 11.8 Å². The topological polar surface area (TPSA) is 81.7 Å². The van der Waals surface area contributed by atoms with Gasteiger partial charge in [0.15, 0.2) is 0 Å². The molecule has 0 fully saturated rings. The van der Waals surface area contributed by atoms with Crippen LogP contribution in [0.2, 0.25) is 0 Å². The van der Waals surface area contributed by atoms with E-state index in [4.69, 9.17) is 21.1 Å². The number of hydrogen-bond acceptors (Lipinski definition) is 2. The van der Waals surface area contributed by atoms with Crippen molar-refractivity contribution in [3.8, 4) is 0 Å². The number of nitrogens with one attached hydrogen (secondary N) is 2. The number of carbonyl (C=O) groups excluding carboxylic acids is 2. The van der Waals surface area contributed by atoms with Gasteiger partial charge in [-0.15, -0.1) is 0 Å². The summed E-state index contributed by atoms with van der Waals surface area (Å²) in [4.78, 5) is 18.2. The van der Waals surface area contributed by atoms with Crippen LogP contribution < -0.4 is 0 Å². The van der Waals surface area contributed by atoms with E-state index in [1.54, 1.807) is 0 Å². The molecule has 5 heteroatoms. The molecule has 0 aliphatic heterocycles. The molecule has 0 aliphatic carbocycles. The van der Waals surface area contributed by atoms with Gasteiger partial charge in [-0.2, -0.15) is 0 Å². The second-order valence-corrected chi connectivity index (χ2v) is 1.11. The fourth-order valence-electron chi connectivity index (χ4n) is 0. The average molecular weight is 164 g/mol. The minimum Gasteiger partial charge on any atom is -0.668 e. The summed E-state index contributed by atoms with van der Waals surface area (Å²) >= 11 is 0. The first-order valence-corrected chi connectivity index (χ1v) is 1.91. The molecule has 0 saturated carbocycles. The van der Waals surface area contributed by atoms with Gasteiger partial charge in [0.2, 0.25) is 0 Å². The Hall–Kier alpha value is -0.346. The predicted octanol–water partition coefficient (Wildman–Crippen LogP) is 1.17. The van der Waals surface area contributed by atoms with Crippen LogP contribution in [0.15, 0.2) is 0 Å². The molecule has 2 N–H and O–H groups in total. The van der Waals surface area contributed by atoms with Crippen molar-refractivity contribution in [2.45, 2.75) is 13.8 Å². The number of carbonyl (C=O) groups is 2. The molecule has 0 aromatic rings. The van der Waals surface area contributed by atoms with E-state index in [9.17, 15) is 0 Å². The zero-order valence-electron chi connectivity index (χ0n) is 5.32. The number of rotatable bonds is 0. The summed E-state index contributed by atoms with van der Waals surface area (Å²) in [6, 6.07) is 0. The molecule has 0 aliphatic rings. The summed E-state index contributed by atoms with van der Waals surface area (Å²) in [5.41, 5.74) is 11.9. The van der Waals surface area contributed by atoms with E-state index in [0.717, 1.165) is 0 Å². The van der Waals surface area contributed by atoms with E-state index in [2.05, 4.69) is 0 Å². The monoisotopic (exact) mass is 164 g/mol. The van der Waals surface area contributed by atoms with Crippen LogP contribution in [0.25, 0.3) is 11.5 Å². The molecule has 0 aromatic carbocycles. The van der Waals surface area contributed by atoms with Crippen LogP contribution >= 0.6 is 0 Å². The maximum Gasteiger partial charge on any atom is 2.00 e. The second kappa shape index (κ2) is 10.6. The molecule has 0 heterocycles. The summed E-state index contributed by atoms with van der Waals surface area (Å²) in [6.07, 6.45) is 0. The van der Waals surface area contributed by atoms with Gasteiger partial charge in [0, 0.05) is 11.8 Å². The fraction of sp³-hybridized carbons (Fsp3) is 0.500. The van der Waals surface area contributed by atoms with Gasteiger partial charge in [-0.25, -0.2) is 0 Å². The normalized spacial score (nSPS) is 5.56. The van der Waals surface area contributed by atoms with Gasteiger partial charge in [0.25, 0.3) is 0 Å². The molecule has 4 nitrogen and oxygen atoms in total. The van der Waals surface area contributed by atoms with Crippen LogP contribution in [-0.2, 0) is 31.3 Å². The number of hydrogen-bond donors (Lipinski definition) is 0. The Morgan fingerprint density at radius 3 is 1.00 bits per heavy atom. The Bertz CT molecular complexity index is 74.6. The molecule has 9 heavy (non-hydrogen) atoms. The van der Waals surface area contributed by atoms with Crippen LogP contribution in [0, 0.1) is 0 Å². The molecule has 0 rings (SSSR count). The minimum absolute atomic E-state index is 0. The van der Waals surface area contributed by atoms with E-state index in [-0.39, 0.29) is 21.7 Å². The predicted molar refractivity (Wildman–Crippen MR) is 30.0 cm³/mol. The third kappa shape index (κ3) is 2050. The van der Waals surface area contributed by atoms with E-state index >= 15 is 0 Å². The van der Waals surface area contributed by atoms with E-state index < -0.39 is 11.8 Å². The summed E-state index contributed by atoms with van der Waals surface area (Å²) in [5, 5.41) is 0. The van der Waals surface area contributed by atoms with Crippen molar-refractivity contribution in [1.29, 1.82) is 0 Å². The van der Waals surface area contributed by atoms with Gasteiger partial charge < -0.3 is 21.1 Å². The maximum absolute atomic E-state index is 9.11. The first kappa shape index (κ1) is 15.9. The Morgan fingerprint density at radius 2 is 1.00 bits per heavy atom. The maximum atomic E-state index is 9.11. The third-order valence-electron chi connectivity index (χ3n) is 0. The molecule has 0 spiro atoms. The van der Waals surface area contributed by atoms with Crippen LogP contribution in [0.1, 0.15) is 13.8 Å². The van der Waals surface area contributed by atoms with Gasteiger partial charge in [-0.1, -0.05) is 0 Å². The SMILES string of the molecule is CC([NH-])=O.CC([NH-])=O.[Ti+2]. The van der Waals surface area contributed by atoms with E-state index in [0.29, 0.717) is 0 Å². The molecule has 0 radical (unpaired) electrons. The Morgan fingerprint density at radius 1 is 1.00 bits per heavy atom. The fourth-order valence-corrected chi connectivity index (χ4v) is 0. The van der Waals surface area contributed by atoms with Gasteiger partial charge in [-0.3, -0.25) is 0 Å². The van der Waals surface area contributed by atoms with E-state index in [1.165, 1.54) is 13.8 Å². The molecular weight excluding hydrogens is 156 g/mol. The smallest absolute Gasteiger partial charge is 0.668 e. The summed E-state index contributed by atoms with van der Waals surface area (Å²) in [6.45, 7) is 2.39. The van der Waals surface area contributed by atoms with E-state index in [1.807, 2.05) is 0 Å². The molecule has 50 valence electrons. The first-order chi connectivity index (χ1) is 3.46. The van der Waals surface area contributed by atoms with Crippen molar-refractivity contribution in [2.75, 3.05) is 0 Å². The van der Waals surface area contributed by atoms with Crippen LogP contribution in [0.3, 0.4) is 0 Å². The van der Waals surface area contributed by atoms with Crippen molar-refractivity contribution in [3.05, 3.63) is 11.5 Å². The standard InChI is InChI=1S/2C2H5NO.Ti/c2*1-2(3)4;/h2*1H3,(H2,3,4);/q;;+2/p-2. The van der Waals surface area contributed by atoms with Crippen LogP contribution in [0.4, 0.5) is 0 Å². The molecular formula is C4H8N2O2Ti. The zero-order valence-corrected chi connectivity index (χ0v) is 6.88. The summed E-state index contributed by atoms with van der Waals surface area (Å²) < 4.78 is 0. The summed E-state index contributed by atoms with van der Waals surface area (Å²) in [5.74, 6) is -1.17. The van der Waals surface area contributed by atoms with Crippen molar-refractivity contribution in [1.82, 2.24) is 0 Å². The molecule has 2 amide bonds. The van der Waals surface area contributed by atoms with Crippen molar-refractivity contribution in [2.24, 2.45) is 0 Å². The van der Waals surface area contributed by atoms with Gasteiger partial charge in [-0.05, 0) is 13.8 Å². The molecule has 0 saturated heterocycles.